The molecule has 2 aliphatic rings. The molecule has 4 rings (SSSR count). The molecule has 0 aliphatic carbocycles. The zero-order chi connectivity index (χ0) is 26.5. The van der Waals surface area contributed by atoms with E-state index >= 15 is 0 Å². The summed E-state index contributed by atoms with van der Waals surface area (Å²) in [6, 6.07) is 0. The van der Waals surface area contributed by atoms with Gasteiger partial charge in [-0.3, -0.25) is 27.9 Å². The third-order valence-electron chi connectivity index (χ3n) is 6.43. The van der Waals surface area contributed by atoms with Gasteiger partial charge in [-0.25, -0.2) is 14.6 Å². The van der Waals surface area contributed by atoms with E-state index in [-0.39, 0.29) is 6.42 Å². The van der Waals surface area contributed by atoms with Crippen LogP contribution in [0.15, 0.2) is 24.2 Å². The molecule has 12 heteroatoms. The molecule has 2 aromatic rings. The predicted octanol–water partition coefficient (Wildman–Crippen LogP) is 0.941. The van der Waals surface area contributed by atoms with E-state index in [1.807, 2.05) is 13.8 Å². The summed E-state index contributed by atoms with van der Waals surface area (Å²) in [7, 11) is 4.94. The van der Waals surface area contributed by atoms with Gasteiger partial charge in [0, 0.05) is 38.4 Å². The smallest absolute Gasteiger partial charge is 0.332 e. The molecular formula is C23H36N8O4. The van der Waals surface area contributed by atoms with Crippen molar-refractivity contribution < 1.29 is 0 Å². The molecule has 2 aliphatic heterocycles. The van der Waals surface area contributed by atoms with Crippen LogP contribution >= 0.6 is 0 Å². The number of aromatic nitrogens is 4. The highest BCUT2D eigenvalue weighted by molar-refractivity contribution is 5.79. The van der Waals surface area contributed by atoms with Gasteiger partial charge >= 0.3 is 11.4 Å². The second kappa shape index (κ2) is 8.90. The van der Waals surface area contributed by atoms with Crippen LogP contribution in [-0.4, -0.2) is 44.7 Å². The Balaban J connectivity index is 0.00000167. The molecule has 2 N–H and O–H groups in total. The summed E-state index contributed by atoms with van der Waals surface area (Å²) in [5, 5.41) is 5.97. The van der Waals surface area contributed by atoms with Crippen molar-refractivity contribution in [2.75, 3.05) is 35.8 Å². The van der Waals surface area contributed by atoms with E-state index in [4.69, 9.17) is 0 Å². The number of hydrogen-bond acceptors (Lipinski definition) is 8. The maximum atomic E-state index is 13.5. The minimum absolute atomic E-state index is 0.169. The van der Waals surface area contributed by atoms with Crippen molar-refractivity contribution in [1.82, 2.24) is 18.3 Å². The Kier molecular flexibility index (Phi) is 6.62. The lowest BCUT2D eigenvalue weighted by Gasteiger charge is -2.37. The van der Waals surface area contributed by atoms with Crippen molar-refractivity contribution >= 4 is 29.2 Å². The van der Waals surface area contributed by atoms with Crippen molar-refractivity contribution in [3.8, 4) is 0 Å². The molecule has 0 saturated carbocycles. The molecule has 2 aromatic heterocycles. The summed E-state index contributed by atoms with van der Waals surface area (Å²) < 4.78 is 5.14. The first kappa shape index (κ1) is 26.0. The normalized spacial score (nSPS) is 14.5. The van der Waals surface area contributed by atoms with Crippen LogP contribution in [0.3, 0.4) is 0 Å². The first-order valence-corrected chi connectivity index (χ1v) is 11.7. The standard InChI is InChI=1S/C21H30N8O4.C2H6/c1-20(2,28-16(30)12-14(24-11-23-12)26(6)18(28)32)10-21(3,4)29-17(31)13-15(27(7)19(29)33)22-8-9-25(13)5;1-2/h8,23-24H,9-11H2,1-7H3;1-2H3. The third-order valence-corrected chi connectivity index (χ3v) is 6.43. The van der Waals surface area contributed by atoms with Gasteiger partial charge < -0.3 is 15.5 Å². The van der Waals surface area contributed by atoms with Gasteiger partial charge in [0.25, 0.3) is 11.1 Å². The Bertz CT molecular complexity index is 1420. The number of hydrogen-bond donors (Lipinski definition) is 2. The van der Waals surface area contributed by atoms with Gasteiger partial charge in [0.1, 0.15) is 17.2 Å². The molecule has 4 heterocycles. The molecule has 0 bridgehead atoms. The second-order valence-electron chi connectivity index (χ2n) is 9.88. The van der Waals surface area contributed by atoms with Crippen LogP contribution in [0.1, 0.15) is 48.0 Å². The van der Waals surface area contributed by atoms with Gasteiger partial charge in [0.2, 0.25) is 0 Å². The van der Waals surface area contributed by atoms with Crippen LogP contribution < -0.4 is 38.0 Å². The highest BCUT2D eigenvalue weighted by Gasteiger charge is 2.38. The van der Waals surface area contributed by atoms with Crippen LogP contribution in [0.2, 0.25) is 0 Å². The lowest BCUT2D eigenvalue weighted by atomic mass is 9.86. The van der Waals surface area contributed by atoms with Crippen LogP contribution in [0, 0.1) is 0 Å². The van der Waals surface area contributed by atoms with E-state index in [2.05, 4.69) is 15.6 Å². The molecule has 0 radical (unpaired) electrons. The minimum Gasteiger partial charge on any atom is -0.362 e. The monoisotopic (exact) mass is 488 g/mol. The highest BCUT2D eigenvalue weighted by Crippen LogP contribution is 2.32. The zero-order valence-electron chi connectivity index (χ0n) is 22.0. The fourth-order valence-corrected chi connectivity index (χ4v) is 5.09. The van der Waals surface area contributed by atoms with Gasteiger partial charge in [-0.15, -0.1) is 0 Å². The number of fused-ring (bicyclic) bond motifs is 2. The van der Waals surface area contributed by atoms with Gasteiger partial charge in [-0.05, 0) is 34.1 Å². The zero-order valence-corrected chi connectivity index (χ0v) is 22.0. The lowest BCUT2D eigenvalue weighted by Crippen LogP contribution is -2.55. The second-order valence-corrected chi connectivity index (χ2v) is 9.88. The number of nitrogens with zero attached hydrogens (tertiary/aromatic N) is 6. The predicted molar refractivity (Wildman–Crippen MR) is 140 cm³/mol. The first-order valence-electron chi connectivity index (χ1n) is 11.7. The van der Waals surface area contributed by atoms with Crippen molar-refractivity contribution in [2.45, 2.75) is 59.0 Å². The molecule has 0 saturated heterocycles. The SMILES string of the molecule is CC.CN1CC=Nc2c1c(=O)n(C(C)(C)CC(C)(C)n1c(=O)c3c(n(C)c1=O)NCN3)c(=O)n2C. The molecule has 0 spiro atoms. The average molecular weight is 489 g/mol. The molecule has 0 amide bonds. The van der Waals surface area contributed by atoms with E-state index in [1.165, 1.54) is 18.3 Å². The Morgan fingerprint density at radius 3 is 2.00 bits per heavy atom. The third kappa shape index (κ3) is 4.00. The lowest BCUT2D eigenvalue weighted by molar-refractivity contribution is 0.179. The molecule has 192 valence electrons. The molecule has 12 nitrogen and oxygen atoms in total. The Morgan fingerprint density at radius 2 is 1.40 bits per heavy atom. The molecule has 0 atom stereocenters. The van der Waals surface area contributed by atoms with E-state index in [9.17, 15) is 19.2 Å². The maximum Gasteiger partial charge on any atom is 0.332 e. The van der Waals surface area contributed by atoms with Gasteiger partial charge in [0.15, 0.2) is 5.82 Å². The van der Waals surface area contributed by atoms with Crippen molar-refractivity contribution in [3.05, 3.63) is 41.7 Å². The molecule has 35 heavy (non-hydrogen) atoms. The van der Waals surface area contributed by atoms with Gasteiger partial charge in [0.05, 0.1) is 13.2 Å². The fraction of sp³-hybridized carbons (Fsp3) is 0.609. The molecule has 0 fully saturated rings. The fourth-order valence-electron chi connectivity index (χ4n) is 5.09. The quantitative estimate of drug-likeness (QED) is 0.656. The average Bonchev–Trinajstić information content (AvgIpc) is 3.27. The summed E-state index contributed by atoms with van der Waals surface area (Å²) in [6.07, 6.45) is 1.82. The van der Waals surface area contributed by atoms with Crippen LogP contribution in [0.25, 0.3) is 0 Å². The van der Waals surface area contributed by atoms with E-state index in [1.54, 1.807) is 60.0 Å². The number of anilines is 3. The molecule has 0 aromatic carbocycles. The number of rotatable bonds is 4. The van der Waals surface area contributed by atoms with Crippen molar-refractivity contribution in [2.24, 2.45) is 19.1 Å². The number of nitrogens with one attached hydrogen (secondary N) is 2. The Morgan fingerprint density at radius 1 is 0.857 bits per heavy atom. The van der Waals surface area contributed by atoms with E-state index in [0.29, 0.717) is 36.2 Å². The van der Waals surface area contributed by atoms with Gasteiger partial charge in [-0.1, -0.05) is 13.8 Å². The topological polar surface area (TPSA) is 128 Å². The first-order chi connectivity index (χ1) is 16.3. The summed E-state index contributed by atoms with van der Waals surface area (Å²) >= 11 is 0. The summed E-state index contributed by atoms with van der Waals surface area (Å²) in [4.78, 5) is 59.1. The van der Waals surface area contributed by atoms with Gasteiger partial charge in [-0.2, -0.15) is 0 Å². The summed E-state index contributed by atoms with van der Waals surface area (Å²) in [6.45, 7) is 11.9. The van der Waals surface area contributed by atoms with Crippen LogP contribution in [0.5, 0.6) is 0 Å². The molecular weight excluding hydrogens is 452 g/mol. The van der Waals surface area contributed by atoms with E-state index in [0.717, 1.165) is 0 Å². The number of aliphatic imine (C=N–C) groups is 1. The van der Waals surface area contributed by atoms with Crippen molar-refractivity contribution in [3.63, 3.8) is 0 Å². The van der Waals surface area contributed by atoms with E-state index < -0.39 is 33.6 Å². The maximum absolute atomic E-state index is 13.5. The van der Waals surface area contributed by atoms with Crippen LogP contribution in [-0.2, 0) is 25.2 Å². The minimum atomic E-state index is -1.03. The Hall–Kier alpha value is -3.57. The largest absolute Gasteiger partial charge is 0.362 e. The van der Waals surface area contributed by atoms with Crippen LogP contribution in [0.4, 0.5) is 23.0 Å². The summed E-state index contributed by atoms with van der Waals surface area (Å²) in [5.41, 5.74) is -3.26. The van der Waals surface area contributed by atoms with Crippen molar-refractivity contribution in [1.29, 1.82) is 0 Å². The Labute approximate surface area is 203 Å². The summed E-state index contributed by atoms with van der Waals surface area (Å²) in [5.74, 6) is 0.757. The highest BCUT2D eigenvalue weighted by atomic mass is 16.2. The molecule has 0 unspecified atom stereocenters.